The van der Waals surface area contributed by atoms with Crippen LogP contribution in [0, 0.1) is 11.8 Å². The van der Waals surface area contributed by atoms with Crippen LogP contribution in [0.4, 0.5) is 0 Å². The van der Waals surface area contributed by atoms with Crippen LogP contribution in [0.5, 0.6) is 0 Å². The van der Waals surface area contributed by atoms with Crippen LogP contribution in [0.2, 0.25) is 0 Å². The average molecular weight is 201 g/mol. The van der Waals surface area contributed by atoms with Gasteiger partial charge in [0.15, 0.2) is 0 Å². The van der Waals surface area contributed by atoms with Crippen molar-refractivity contribution in [2.45, 2.75) is 34.1 Å². The van der Waals surface area contributed by atoms with Crippen LogP contribution in [0.3, 0.4) is 0 Å². The van der Waals surface area contributed by atoms with Gasteiger partial charge in [-0.1, -0.05) is 27.7 Å². The van der Waals surface area contributed by atoms with Crippen LogP contribution in [-0.4, -0.2) is 35.6 Å². The summed E-state index contributed by atoms with van der Waals surface area (Å²) in [5.74, 6) is -0.424. The Morgan fingerprint density at radius 3 is 2.07 bits per heavy atom. The van der Waals surface area contributed by atoms with E-state index in [0.29, 0.717) is 12.5 Å². The van der Waals surface area contributed by atoms with E-state index in [4.69, 9.17) is 5.11 Å². The SMILES string of the molecule is CCN(CC)CC(CC(C)C)C(=O)O. The van der Waals surface area contributed by atoms with E-state index in [1.165, 1.54) is 0 Å². The molecule has 0 saturated carbocycles. The lowest BCUT2D eigenvalue weighted by Gasteiger charge is -2.23. The molecule has 3 nitrogen and oxygen atoms in total. The van der Waals surface area contributed by atoms with Crippen molar-refractivity contribution in [1.82, 2.24) is 4.90 Å². The minimum Gasteiger partial charge on any atom is -0.481 e. The van der Waals surface area contributed by atoms with E-state index in [1.807, 2.05) is 0 Å². The van der Waals surface area contributed by atoms with Crippen molar-refractivity contribution in [3.8, 4) is 0 Å². The highest BCUT2D eigenvalue weighted by Gasteiger charge is 2.20. The summed E-state index contributed by atoms with van der Waals surface area (Å²) in [4.78, 5) is 13.1. The fourth-order valence-electron chi connectivity index (χ4n) is 1.62. The number of carbonyl (C=O) groups is 1. The molecule has 0 fully saturated rings. The van der Waals surface area contributed by atoms with Crippen LogP contribution >= 0.6 is 0 Å². The van der Waals surface area contributed by atoms with Gasteiger partial charge >= 0.3 is 5.97 Å². The Balaban J connectivity index is 4.14. The fraction of sp³-hybridized carbons (Fsp3) is 0.909. The normalized spacial score (nSPS) is 13.6. The predicted octanol–water partition coefficient (Wildman–Crippen LogP) is 2.08. The van der Waals surface area contributed by atoms with Gasteiger partial charge in [-0.3, -0.25) is 4.79 Å². The summed E-state index contributed by atoms with van der Waals surface area (Å²) in [6.45, 7) is 10.8. The van der Waals surface area contributed by atoms with Gasteiger partial charge in [0.05, 0.1) is 5.92 Å². The Morgan fingerprint density at radius 1 is 1.29 bits per heavy atom. The third kappa shape index (κ3) is 5.22. The molecule has 0 spiro atoms. The molecule has 0 amide bonds. The Hall–Kier alpha value is -0.570. The van der Waals surface area contributed by atoms with Crippen LogP contribution in [-0.2, 0) is 4.79 Å². The Labute approximate surface area is 87.1 Å². The Bertz CT molecular complexity index is 165. The van der Waals surface area contributed by atoms with Gasteiger partial charge in [0.1, 0.15) is 0 Å². The highest BCUT2D eigenvalue weighted by Crippen LogP contribution is 2.13. The Kier molecular flexibility index (Phi) is 6.54. The summed E-state index contributed by atoms with van der Waals surface area (Å²) in [5, 5.41) is 9.04. The molecular weight excluding hydrogens is 178 g/mol. The maximum atomic E-state index is 11.0. The van der Waals surface area contributed by atoms with Gasteiger partial charge in [0.25, 0.3) is 0 Å². The lowest BCUT2D eigenvalue weighted by atomic mass is 9.96. The molecule has 0 aromatic carbocycles. The average Bonchev–Trinajstić information content (AvgIpc) is 2.11. The molecular formula is C11H23NO2. The molecule has 84 valence electrons. The van der Waals surface area contributed by atoms with E-state index in [2.05, 4.69) is 32.6 Å². The van der Waals surface area contributed by atoms with Crippen molar-refractivity contribution in [1.29, 1.82) is 0 Å². The molecule has 1 unspecified atom stereocenters. The number of aliphatic carboxylic acids is 1. The van der Waals surface area contributed by atoms with Crippen molar-refractivity contribution in [3.63, 3.8) is 0 Å². The summed E-state index contributed by atoms with van der Waals surface area (Å²) < 4.78 is 0. The van der Waals surface area contributed by atoms with Gasteiger partial charge in [0.2, 0.25) is 0 Å². The summed E-state index contributed by atoms with van der Waals surface area (Å²) in [6.07, 6.45) is 0.770. The number of hydrogen-bond donors (Lipinski definition) is 1. The van der Waals surface area contributed by atoms with Crippen LogP contribution in [0.25, 0.3) is 0 Å². The topological polar surface area (TPSA) is 40.5 Å². The first-order chi connectivity index (χ1) is 6.51. The third-order valence-electron chi connectivity index (χ3n) is 2.48. The zero-order valence-corrected chi connectivity index (χ0v) is 9.79. The first kappa shape index (κ1) is 13.4. The molecule has 14 heavy (non-hydrogen) atoms. The van der Waals surface area contributed by atoms with Crippen molar-refractivity contribution < 1.29 is 9.90 Å². The summed E-state index contributed by atoms with van der Waals surface area (Å²) >= 11 is 0. The van der Waals surface area contributed by atoms with Gasteiger partial charge in [-0.2, -0.15) is 0 Å². The zero-order chi connectivity index (χ0) is 11.1. The van der Waals surface area contributed by atoms with Crippen molar-refractivity contribution in [2.75, 3.05) is 19.6 Å². The van der Waals surface area contributed by atoms with Crippen LogP contribution in [0.1, 0.15) is 34.1 Å². The number of carboxylic acid groups (broad SMARTS) is 1. The van der Waals surface area contributed by atoms with Gasteiger partial charge in [-0.05, 0) is 25.4 Å². The molecule has 0 aromatic heterocycles. The zero-order valence-electron chi connectivity index (χ0n) is 9.79. The van der Waals surface area contributed by atoms with E-state index in [9.17, 15) is 4.79 Å². The lowest BCUT2D eigenvalue weighted by Crippen LogP contribution is -2.33. The fourth-order valence-corrected chi connectivity index (χ4v) is 1.62. The summed E-state index contributed by atoms with van der Waals surface area (Å²) in [5.41, 5.74) is 0. The minimum atomic E-state index is -0.661. The van der Waals surface area contributed by atoms with E-state index >= 15 is 0 Å². The minimum absolute atomic E-state index is 0.213. The van der Waals surface area contributed by atoms with Gasteiger partial charge in [-0.15, -0.1) is 0 Å². The van der Waals surface area contributed by atoms with Gasteiger partial charge < -0.3 is 10.0 Å². The van der Waals surface area contributed by atoms with E-state index in [1.54, 1.807) is 0 Å². The second kappa shape index (κ2) is 6.82. The number of rotatable bonds is 7. The van der Waals surface area contributed by atoms with Gasteiger partial charge in [0, 0.05) is 6.54 Å². The number of nitrogens with zero attached hydrogens (tertiary/aromatic N) is 1. The molecule has 0 heterocycles. The highest BCUT2D eigenvalue weighted by atomic mass is 16.4. The second-order valence-corrected chi connectivity index (χ2v) is 4.15. The van der Waals surface area contributed by atoms with E-state index in [0.717, 1.165) is 19.5 Å². The molecule has 0 rings (SSSR count). The standard InChI is InChI=1S/C11H23NO2/c1-5-12(6-2)8-10(11(13)14)7-9(3)4/h9-10H,5-8H2,1-4H3,(H,13,14). The van der Waals surface area contributed by atoms with Crippen molar-refractivity contribution in [3.05, 3.63) is 0 Å². The predicted molar refractivity (Wildman–Crippen MR) is 58.4 cm³/mol. The summed E-state index contributed by atoms with van der Waals surface area (Å²) in [7, 11) is 0. The number of hydrogen-bond acceptors (Lipinski definition) is 2. The molecule has 3 heteroatoms. The maximum Gasteiger partial charge on any atom is 0.307 e. The molecule has 0 aliphatic rings. The molecule has 1 atom stereocenters. The van der Waals surface area contributed by atoms with Gasteiger partial charge in [-0.25, -0.2) is 0 Å². The quantitative estimate of drug-likeness (QED) is 0.685. The third-order valence-corrected chi connectivity index (χ3v) is 2.48. The first-order valence-corrected chi connectivity index (χ1v) is 5.46. The monoisotopic (exact) mass is 201 g/mol. The molecule has 0 radical (unpaired) electrons. The Morgan fingerprint density at radius 2 is 1.79 bits per heavy atom. The molecule has 0 saturated heterocycles. The van der Waals surface area contributed by atoms with E-state index in [-0.39, 0.29) is 5.92 Å². The maximum absolute atomic E-state index is 11.0. The molecule has 0 aliphatic heterocycles. The molecule has 0 aromatic rings. The molecule has 0 bridgehead atoms. The molecule has 1 N–H and O–H groups in total. The van der Waals surface area contributed by atoms with Crippen LogP contribution < -0.4 is 0 Å². The highest BCUT2D eigenvalue weighted by molar-refractivity contribution is 5.70. The largest absolute Gasteiger partial charge is 0.481 e. The second-order valence-electron chi connectivity index (χ2n) is 4.15. The van der Waals surface area contributed by atoms with Crippen molar-refractivity contribution >= 4 is 5.97 Å². The first-order valence-electron chi connectivity index (χ1n) is 5.46. The summed E-state index contributed by atoms with van der Waals surface area (Å²) in [6, 6.07) is 0. The van der Waals surface area contributed by atoms with Crippen molar-refractivity contribution in [2.24, 2.45) is 11.8 Å². The molecule has 0 aliphatic carbocycles. The smallest absolute Gasteiger partial charge is 0.307 e. The van der Waals surface area contributed by atoms with E-state index < -0.39 is 5.97 Å². The van der Waals surface area contributed by atoms with Crippen LogP contribution in [0.15, 0.2) is 0 Å². The lowest BCUT2D eigenvalue weighted by molar-refractivity contribution is -0.143. The number of carboxylic acids is 1.